The minimum Gasteiger partial charge on any atom is -0.261 e. The molecule has 1 saturated carbocycles. The zero-order chi connectivity index (χ0) is 12.2. The minimum atomic E-state index is 0.589. The molecule has 1 aliphatic rings. The number of hydrogen-bond acceptors (Lipinski definition) is 4. The fourth-order valence-corrected chi connectivity index (χ4v) is 2.61. The maximum Gasteiger partial charge on any atom is 0.174 e. The van der Waals surface area contributed by atoms with Crippen molar-refractivity contribution in [3.05, 3.63) is 35.9 Å². The van der Waals surface area contributed by atoms with E-state index in [1.807, 2.05) is 12.3 Å². The molecule has 5 nitrogen and oxygen atoms in total. The van der Waals surface area contributed by atoms with E-state index in [9.17, 15) is 0 Å². The zero-order valence-electron chi connectivity index (χ0n) is 10.3. The second-order valence-corrected chi connectivity index (χ2v) is 5.01. The van der Waals surface area contributed by atoms with Gasteiger partial charge in [-0.15, -0.1) is 10.2 Å². The molecule has 0 aromatic carbocycles. The van der Waals surface area contributed by atoms with E-state index in [-0.39, 0.29) is 0 Å². The molecular formula is C13H17N5. The fraction of sp³-hybridized carbons (Fsp3) is 0.538. The van der Waals surface area contributed by atoms with Gasteiger partial charge < -0.3 is 0 Å². The van der Waals surface area contributed by atoms with E-state index >= 15 is 0 Å². The van der Waals surface area contributed by atoms with Crippen molar-refractivity contribution in [2.75, 3.05) is 0 Å². The lowest BCUT2D eigenvalue weighted by atomic mass is 9.72. The lowest BCUT2D eigenvalue weighted by Crippen LogP contribution is -2.26. The summed E-state index contributed by atoms with van der Waals surface area (Å²) in [6.07, 6.45) is 7.79. The number of nitrogens with one attached hydrogen (secondary N) is 1. The highest BCUT2D eigenvalue weighted by Gasteiger charge is 2.28. The summed E-state index contributed by atoms with van der Waals surface area (Å²) in [7, 11) is 0. The van der Waals surface area contributed by atoms with Gasteiger partial charge in [0.25, 0.3) is 0 Å². The summed E-state index contributed by atoms with van der Waals surface area (Å²) in [5.74, 6) is 2.21. The topological polar surface area (TPSA) is 67.3 Å². The van der Waals surface area contributed by atoms with Crippen LogP contribution in [0.1, 0.15) is 30.8 Å². The number of aromatic nitrogens is 5. The summed E-state index contributed by atoms with van der Waals surface area (Å²) in [6.45, 7) is 0. The van der Waals surface area contributed by atoms with Gasteiger partial charge in [0.05, 0.1) is 0 Å². The van der Waals surface area contributed by atoms with E-state index in [4.69, 9.17) is 0 Å². The second kappa shape index (κ2) is 5.25. The first-order valence-corrected chi connectivity index (χ1v) is 6.54. The molecule has 1 fully saturated rings. The average molecular weight is 243 g/mol. The molecule has 18 heavy (non-hydrogen) atoms. The summed E-state index contributed by atoms with van der Waals surface area (Å²) < 4.78 is 0. The van der Waals surface area contributed by atoms with Crippen molar-refractivity contribution in [1.29, 1.82) is 0 Å². The number of H-pyrrole nitrogens is 1. The van der Waals surface area contributed by atoms with Crippen molar-refractivity contribution in [2.45, 2.75) is 32.1 Å². The molecule has 2 aromatic rings. The van der Waals surface area contributed by atoms with Crippen LogP contribution in [-0.2, 0) is 12.8 Å². The maximum atomic E-state index is 4.42. The van der Waals surface area contributed by atoms with E-state index in [1.54, 1.807) is 0 Å². The molecule has 0 spiro atoms. The van der Waals surface area contributed by atoms with E-state index in [0.717, 1.165) is 30.3 Å². The largest absolute Gasteiger partial charge is 0.261 e. The SMILES string of the molecule is c1ccc(CC(Cc2nn[nH]n2)C2CCC2)nc1. The van der Waals surface area contributed by atoms with Crippen LogP contribution in [0.3, 0.4) is 0 Å². The first-order valence-electron chi connectivity index (χ1n) is 6.54. The van der Waals surface area contributed by atoms with Gasteiger partial charge in [0.1, 0.15) is 0 Å². The highest BCUT2D eigenvalue weighted by molar-refractivity contribution is 5.06. The Balaban J connectivity index is 1.69. The Kier molecular flexibility index (Phi) is 3.30. The predicted octanol–water partition coefficient (Wildman–Crippen LogP) is 1.80. The molecule has 1 aliphatic carbocycles. The van der Waals surface area contributed by atoms with E-state index in [1.165, 1.54) is 19.3 Å². The Bertz CT molecular complexity index is 463. The van der Waals surface area contributed by atoms with Crippen LogP contribution >= 0.6 is 0 Å². The monoisotopic (exact) mass is 243 g/mol. The summed E-state index contributed by atoms with van der Waals surface area (Å²) in [6, 6.07) is 6.11. The molecule has 0 amide bonds. The molecule has 5 heteroatoms. The third kappa shape index (κ3) is 2.55. The first kappa shape index (κ1) is 11.3. The first-order chi connectivity index (χ1) is 8.92. The molecule has 0 saturated heterocycles. The van der Waals surface area contributed by atoms with Crippen LogP contribution in [-0.4, -0.2) is 25.6 Å². The molecular weight excluding hydrogens is 226 g/mol. The molecule has 3 rings (SSSR count). The molecule has 0 bridgehead atoms. The lowest BCUT2D eigenvalue weighted by molar-refractivity contribution is 0.200. The number of pyridine rings is 1. The average Bonchev–Trinajstić information content (AvgIpc) is 2.81. The smallest absolute Gasteiger partial charge is 0.174 e. The number of tetrazole rings is 1. The molecule has 2 aromatic heterocycles. The Morgan fingerprint density at radius 2 is 2.22 bits per heavy atom. The van der Waals surface area contributed by atoms with Crippen LogP contribution in [0, 0.1) is 11.8 Å². The van der Waals surface area contributed by atoms with Gasteiger partial charge in [-0.25, -0.2) is 0 Å². The Labute approximate surface area is 106 Å². The summed E-state index contributed by atoms with van der Waals surface area (Å²) in [5.41, 5.74) is 1.16. The zero-order valence-corrected chi connectivity index (χ0v) is 10.3. The summed E-state index contributed by atoms with van der Waals surface area (Å²) in [5, 5.41) is 14.3. The van der Waals surface area contributed by atoms with Crippen molar-refractivity contribution in [3.63, 3.8) is 0 Å². The molecule has 0 aliphatic heterocycles. The number of rotatable bonds is 5. The van der Waals surface area contributed by atoms with Crippen LogP contribution in [0.5, 0.6) is 0 Å². The number of nitrogens with zero attached hydrogens (tertiary/aromatic N) is 4. The molecule has 94 valence electrons. The minimum absolute atomic E-state index is 0.589. The highest BCUT2D eigenvalue weighted by Crippen LogP contribution is 2.36. The van der Waals surface area contributed by atoms with E-state index in [2.05, 4.69) is 37.7 Å². The Morgan fingerprint density at radius 3 is 2.83 bits per heavy atom. The van der Waals surface area contributed by atoms with Crippen molar-refractivity contribution >= 4 is 0 Å². The van der Waals surface area contributed by atoms with Crippen molar-refractivity contribution in [2.24, 2.45) is 11.8 Å². The van der Waals surface area contributed by atoms with Crippen LogP contribution in [0.15, 0.2) is 24.4 Å². The number of aromatic amines is 1. The van der Waals surface area contributed by atoms with Crippen LogP contribution in [0.25, 0.3) is 0 Å². The quantitative estimate of drug-likeness (QED) is 0.869. The molecule has 1 atom stereocenters. The van der Waals surface area contributed by atoms with Gasteiger partial charge in [-0.05, 0) is 30.4 Å². The third-order valence-corrected chi connectivity index (χ3v) is 3.85. The van der Waals surface area contributed by atoms with Crippen molar-refractivity contribution in [3.8, 4) is 0 Å². The van der Waals surface area contributed by atoms with Crippen molar-refractivity contribution < 1.29 is 0 Å². The van der Waals surface area contributed by atoms with Gasteiger partial charge in [-0.1, -0.05) is 30.5 Å². The van der Waals surface area contributed by atoms with E-state index in [0.29, 0.717) is 5.92 Å². The number of hydrogen-bond donors (Lipinski definition) is 1. The second-order valence-electron chi connectivity index (χ2n) is 5.01. The van der Waals surface area contributed by atoms with Gasteiger partial charge in [-0.2, -0.15) is 5.21 Å². The van der Waals surface area contributed by atoms with Crippen molar-refractivity contribution in [1.82, 2.24) is 25.6 Å². The van der Waals surface area contributed by atoms with Gasteiger partial charge in [0, 0.05) is 18.3 Å². The van der Waals surface area contributed by atoms with Gasteiger partial charge >= 0.3 is 0 Å². The molecule has 2 heterocycles. The fourth-order valence-electron chi connectivity index (χ4n) is 2.61. The maximum absolute atomic E-state index is 4.42. The van der Waals surface area contributed by atoms with Gasteiger partial charge in [-0.3, -0.25) is 4.98 Å². The lowest BCUT2D eigenvalue weighted by Gasteiger charge is -2.33. The molecule has 1 unspecified atom stereocenters. The normalized spacial score (nSPS) is 17.3. The van der Waals surface area contributed by atoms with Crippen LogP contribution in [0.2, 0.25) is 0 Å². The molecule has 1 N–H and O–H groups in total. The van der Waals surface area contributed by atoms with Crippen LogP contribution < -0.4 is 0 Å². The molecule has 0 radical (unpaired) electrons. The third-order valence-electron chi connectivity index (χ3n) is 3.85. The summed E-state index contributed by atoms with van der Waals surface area (Å²) in [4.78, 5) is 4.42. The summed E-state index contributed by atoms with van der Waals surface area (Å²) >= 11 is 0. The van der Waals surface area contributed by atoms with E-state index < -0.39 is 0 Å². The van der Waals surface area contributed by atoms with Gasteiger partial charge in [0.15, 0.2) is 5.82 Å². The van der Waals surface area contributed by atoms with Gasteiger partial charge in [0.2, 0.25) is 0 Å². The van der Waals surface area contributed by atoms with Crippen LogP contribution in [0.4, 0.5) is 0 Å². The standard InChI is InChI=1S/C13H17N5/c1-2-7-14-12(6-1)8-11(10-4-3-5-10)9-13-15-17-18-16-13/h1-2,6-7,10-11H,3-5,8-9H2,(H,15,16,17,18). The Hall–Kier alpha value is -1.78. The predicted molar refractivity (Wildman–Crippen MR) is 66.7 cm³/mol. The highest BCUT2D eigenvalue weighted by atomic mass is 15.5. The Morgan fingerprint density at radius 1 is 1.28 bits per heavy atom.